The molecule has 2 aromatic rings. The second kappa shape index (κ2) is 10.9. The van der Waals surface area contributed by atoms with E-state index >= 15 is 0 Å². The first-order valence-electron chi connectivity index (χ1n) is 12.4. The second-order valence-electron chi connectivity index (χ2n) is 9.84. The number of hydrogen-bond acceptors (Lipinski definition) is 4. The molecule has 1 saturated carbocycles. The van der Waals surface area contributed by atoms with E-state index in [4.69, 9.17) is 11.6 Å². The van der Waals surface area contributed by atoms with Crippen molar-refractivity contribution in [3.8, 4) is 5.75 Å². The Bertz CT molecular complexity index is 1130. The lowest BCUT2D eigenvalue weighted by Crippen LogP contribution is -2.54. The number of rotatable bonds is 8. The van der Waals surface area contributed by atoms with Crippen LogP contribution in [0.2, 0.25) is 5.02 Å². The van der Waals surface area contributed by atoms with Crippen molar-refractivity contribution >= 4 is 23.4 Å². The maximum Gasteiger partial charge on any atom is 0.573 e. The van der Waals surface area contributed by atoms with E-state index in [-0.39, 0.29) is 17.6 Å². The van der Waals surface area contributed by atoms with Gasteiger partial charge in [-0.15, -0.1) is 13.2 Å². The molecule has 1 saturated heterocycles. The van der Waals surface area contributed by atoms with E-state index in [1.165, 1.54) is 24.3 Å². The minimum absolute atomic E-state index is 0.137. The molecule has 2 N–H and O–H groups in total. The summed E-state index contributed by atoms with van der Waals surface area (Å²) < 4.78 is 41.5. The Hall–Kier alpha value is -2.78. The van der Waals surface area contributed by atoms with Crippen molar-refractivity contribution in [1.82, 2.24) is 15.5 Å². The van der Waals surface area contributed by atoms with Gasteiger partial charge in [-0.2, -0.15) is 0 Å². The minimum atomic E-state index is -4.79. The van der Waals surface area contributed by atoms with Crippen LogP contribution in [-0.4, -0.2) is 55.3 Å². The molecule has 1 aliphatic heterocycles. The first kappa shape index (κ1) is 27.3. The normalized spacial score (nSPS) is 18.3. The summed E-state index contributed by atoms with van der Waals surface area (Å²) in [6.45, 7) is 3.11. The summed E-state index contributed by atoms with van der Waals surface area (Å²) in [7, 11) is 1.91. The summed E-state index contributed by atoms with van der Waals surface area (Å²) in [6.07, 6.45) is -1.71. The molecule has 10 heteroatoms. The third-order valence-electron chi connectivity index (χ3n) is 7.37. The van der Waals surface area contributed by atoms with Crippen LogP contribution in [0.25, 0.3) is 0 Å². The number of amides is 2. The zero-order valence-corrected chi connectivity index (χ0v) is 21.6. The summed E-state index contributed by atoms with van der Waals surface area (Å²) >= 11 is 6.11. The van der Waals surface area contributed by atoms with Crippen LogP contribution >= 0.6 is 11.6 Å². The average Bonchev–Trinajstić information content (AvgIpc) is 3.66. The molecule has 2 aliphatic rings. The molecular weight excluding hydrogens is 507 g/mol. The quantitative estimate of drug-likeness (QED) is 0.519. The van der Waals surface area contributed by atoms with Crippen LogP contribution in [0, 0.1) is 6.92 Å². The summed E-state index contributed by atoms with van der Waals surface area (Å²) in [6, 6.07) is 10.4. The lowest BCUT2D eigenvalue weighted by atomic mass is 9.93. The zero-order valence-electron chi connectivity index (χ0n) is 20.8. The molecule has 0 radical (unpaired) electrons. The lowest BCUT2D eigenvalue weighted by molar-refractivity contribution is -0.274. The third kappa shape index (κ3) is 6.57. The summed E-state index contributed by atoms with van der Waals surface area (Å²) in [5, 5.41) is 6.84. The number of aryl methyl sites for hydroxylation is 1. The van der Waals surface area contributed by atoms with Crippen molar-refractivity contribution in [2.45, 2.75) is 62.9 Å². The number of halogens is 4. The van der Waals surface area contributed by atoms with Crippen molar-refractivity contribution in [3.63, 3.8) is 0 Å². The molecular formula is C27H31ClF3N3O3. The predicted molar refractivity (Wildman–Crippen MR) is 135 cm³/mol. The number of nitrogens with zero attached hydrogens (tertiary/aromatic N) is 1. The Labute approximate surface area is 219 Å². The zero-order chi connectivity index (χ0) is 26.8. The molecule has 0 bridgehead atoms. The van der Waals surface area contributed by atoms with E-state index in [2.05, 4.69) is 15.4 Å². The van der Waals surface area contributed by atoms with Crippen molar-refractivity contribution in [2.24, 2.45) is 0 Å². The number of likely N-dealkylation sites (tertiary alicyclic amines) is 1. The highest BCUT2D eigenvalue weighted by molar-refractivity contribution is 6.30. The molecule has 37 heavy (non-hydrogen) atoms. The van der Waals surface area contributed by atoms with Gasteiger partial charge in [0.2, 0.25) is 11.8 Å². The molecule has 1 unspecified atom stereocenters. The van der Waals surface area contributed by atoms with E-state index in [0.717, 1.165) is 24.0 Å². The molecule has 1 aliphatic carbocycles. The standard InChI is InChI=1S/C27H31ClF3N3O3/c1-17-15-20(28)6-3-18(17)16-23(24(35)34-13-9-21(32-2)10-14-34)33-25(36)26(11-12-26)19-4-7-22(8-5-19)37-27(29,30)31/h3-8,15,21,23,32H,9-14,16H2,1-2H3,(H,33,36). The van der Waals surface area contributed by atoms with Crippen LogP contribution in [0.3, 0.4) is 0 Å². The van der Waals surface area contributed by atoms with Gasteiger partial charge in [-0.05, 0) is 80.6 Å². The molecule has 2 amide bonds. The third-order valence-corrected chi connectivity index (χ3v) is 7.61. The van der Waals surface area contributed by atoms with E-state index in [1.807, 2.05) is 26.1 Å². The number of piperidine rings is 1. The smallest absolute Gasteiger partial charge is 0.406 e. The SMILES string of the molecule is CNC1CCN(C(=O)C(Cc2ccc(Cl)cc2C)NC(=O)C2(c3ccc(OC(F)(F)F)cc3)CC2)CC1. The van der Waals surface area contributed by atoms with Crippen molar-refractivity contribution in [1.29, 1.82) is 0 Å². The molecule has 0 aromatic heterocycles. The first-order chi connectivity index (χ1) is 17.5. The van der Waals surface area contributed by atoms with E-state index in [0.29, 0.717) is 49.0 Å². The maximum atomic E-state index is 13.6. The van der Waals surface area contributed by atoms with E-state index < -0.39 is 17.8 Å². The van der Waals surface area contributed by atoms with Crippen LogP contribution < -0.4 is 15.4 Å². The van der Waals surface area contributed by atoms with Gasteiger partial charge in [0.05, 0.1) is 5.41 Å². The fraction of sp³-hybridized carbons (Fsp3) is 0.481. The predicted octanol–water partition coefficient (Wildman–Crippen LogP) is 4.52. The summed E-state index contributed by atoms with van der Waals surface area (Å²) in [4.78, 5) is 29.0. The number of carbonyl (C=O) groups excluding carboxylic acids is 2. The average molecular weight is 538 g/mol. The largest absolute Gasteiger partial charge is 0.573 e. The monoisotopic (exact) mass is 537 g/mol. The van der Waals surface area contributed by atoms with Gasteiger partial charge in [-0.1, -0.05) is 29.8 Å². The van der Waals surface area contributed by atoms with Crippen molar-refractivity contribution in [2.75, 3.05) is 20.1 Å². The van der Waals surface area contributed by atoms with Gasteiger partial charge in [0.1, 0.15) is 11.8 Å². The van der Waals surface area contributed by atoms with Crippen LogP contribution in [0.15, 0.2) is 42.5 Å². The highest BCUT2D eigenvalue weighted by Crippen LogP contribution is 2.49. The van der Waals surface area contributed by atoms with E-state index in [1.54, 1.807) is 11.0 Å². The number of nitrogens with one attached hydrogen (secondary N) is 2. The molecule has 2 aromatic carbocycles. The highest BCUT2D eigenvalue weighted by atomic mass is 35.5. The van der Waals surface area contributed by atoms with Gasteiger partial charge in [0.15, 0.2) is 0 Å². The van der Waals surface area contributed by atoms with Crippen molar-refractivity contribution in [3.05, 3.63) is 64.2 Å². The topological polar surface area (TPSA) is 70.7 Å². The summed E-state index contributed by atoms with van der Waals surface area (Å²) in [5.41, 5.74) is 1.56. The molecule has 1 heterocycles. The van der Waals surface area contributed by atoms with Gasteiger partial charge in [-0.3, -0.25) is 9.59 Å². The Kier molecular flexibility index (Phi) is 8.04. The van der Waals surface area contributed by atoms with Crippen LogP contribution in [-0.2, 0) is 21.4 Å². The Balaban J connectivity index is 1.53. The number of alkyl halides is 3. The molecule has 1 atom stereocenters. The Morgan fingerprint density at radius 2 is 1.78 bits per heavy atom. The molecule has 200 valence electrons. The number of ether oxygens (including phenoxy) is 1. The fourth-order valence-electron chi connectivity index (χ4n) is 4.96. The van der Waals surface area contributed by atoms with Crippen LogP contribution in [0.1, 0.15) is 42.4 Å². The van der Waals surface area contributed by atoms with Crippen molar-refractivity contribution < 1.29 is 27.5 Å². The molecule has 0 spiro atoms. The van der Waals surface area contributed by atoms with E-state index in [9.17, 15) is 22.8 Å². The minimum Gasteiger partial charge on any atom is -0.406 e. The van der Waals surface area contributed by atoms with Gasteiger partial charge in [0, 0.05) is 30.6 Å². The van der Waals surface area contributed by atoms with Gasteiger partial charge in [-0.25, -0.2) is 0 Å². The van der Waals surface area contributed by atoms with Crippen LogP contribution in [0.5, 0.6) is 5.75 Å². The van der Waals surface area contributed by atoms with Gasteiger partial charge >= 0.3 is 6.36 Å². The Morgan fingerprint density at radius 3 is 2.32 bits per heavy atom. The summed E-state index contributed by atoms with van der Waals surface area (Å²) in [5.74, 6) is -0.780. The molecule has 4 rings (SSSR count). The lowest BCUT2D eigenvalue weighted by Gasteiger charge is -2.35. The van der Waals surface area contributed by atoms with Gasteiger partial charge < -0.3 is 20.3 Å². The number of benzene rings is 2. The molecule has 2 fully saturated rings. The van der Waals surface area contributed by atoms with Gasteiger partial charge in [0.25, 0.3) is 0 Å². The number of hydrogen-bond donors (Lipinski definition) is 2. The fourth-order valence-corrected chi connectivity index (χ4v) is 5.19. The van der Waals surface area contributed by atoms with Crippen LogP contribution in [0.4, 0.5) is 13.2 Å². The second-order valence-corrected chi connectivity index (χ2v) is 10.3. The first-order valence-corrected chi connectivity index (χ1v) is 12.8. The Morgan fingerprint density at radius 1 is 1.14 bits per heavy atom. The highest BCUT2D eigenvalue weighted by Gasteiger charge is 2.52. The number of carbonyl (C=O) groups is 2. The molecule has 6 nitrogen and oxygen atoms in total. The maximum absolute atomic E-state index is 13.6.